The Morgan fingerprint density at radius 3 is 1.06 bits per heavy atom. The van der Waals surface area contributed by atoms with Crippen LogP contribution in [0.15, 0.2) is 0 Å². The molecule has 0 aromatic rings. The summed E-state index contributed by atoms with van der Waals surface area (Å²) < 4.78 is 221. The van der Waals surface area contributed by atoms with Crippen molar-refractivity contribution in [1.82, 2.24) is 0 Å². The third-order valence-corrected chi connectivity index (χ3v) is 5.64. The summed E-state index contributed by atoms with van der Waals surface area (Å²) in [6.07, 6.45) is -18.2. The molecule has 0 aliphatic carbocycles. The van der Waals surface area contributed by atoms with Crippen LogP contribution in [0.25, 0.3) is 0 Å². The lowest BCUT2D eigenvalue weighted by Gasteiger charge is -2.42. The van der Waals surface area contributed by atoms with Gasteiger partial charge in [-0.3, -0.25) is 0 Å². The Bertz CT molecular complexity index is 639. The van der Waals surface area contributed by atoms with E-state index in [2.05, 4.69) is 0 Å². The average molecular weight is 582 g/mol. The van der Waals surface area contributed by atoms with Crippen LogP contribution in [0.2, 0.25) is 6.04 Å². The minimum absolute atomic E-state index is 2.32. The lowest BCUT2D eigenvalue weighted by molar-refractivity contribution is -0.438. The molecule has 0 bridgehead atoms. The minimum Gasteiger partial charge on any atom is -0.241 e. The van der Waals surface area contributed by atoms with Crippen LogP contribution in [0.3, 0.4) is 0 Å². The van der Waals surface area contributed by atoms with Crippen molar-refractivity contribution in [2.75, 3.05) is 0 Å². The number of hydrogen-bond acceptors (Lipinski definition) is 0. The van der Waals surface area contributed by atoms with Gasteiger partial charge in [-0.2, -0.15) is 65.9 Å². The number of hydrogen-bond donors (Lipinski definition) is 0. The minimum atomic E-state index is -8.51. The summed E-state index contributed by atoms with van der Waals surface area (Å²) in [5, 5.41) is 0. The Hall–Kier alpha value is -0.103. The Labute approximate surface area is 174 Å². The molecule has 21 heteroatoms. The van der Waals surface area contributed by atoms with E-state index in [4.69, 9.17) is 33.2 Å². The smallest absolute Gasteiger partial charge is 0.241 e. The molecule has 0 saturated carbocycles. The zero-order chi connectivity index (χ0) is 25.9. The molecule has 2 atom stereocenters. The van der Waals surface area contributed by atoms with Gasteiger partial charge in [0.25, 0.3) is 6.17 Å². The van der Waals surface area contributed by atoms with Gasteiger partial charge in [-0.05, 0) is 0 Å². The Morgan fingerprint density at radius 1 is 0.516 bits per heavy atom. The van der Waals surface area contributed by atoms with Gasteiger partial charge in [0.15, 0.2) is 6.17 Å². The lowest BCUT2D eigenvalue weighted by Crippen LogP contribution is -2.73. The molecule has 2 unspecified atom stereocenters. The third kappa shape index (κ3) is 5.05. The van der Waals surface area contributed by atoms with Crippen LogP contribution in [0.5, 0.6) is 0 Å². The van der Waals surface area contributed by atoms with Gasteiger partial charge in [-0.15, -0.1) is 33.2 Å². The molecule has 0 amide bonds. The van der Waals surface area contributed by atoms with E-state index in [1.54, 1.807) is 0 Å². The molecule has 0 rings (SSSR count). The van der Waals surface area contributed by atoms with E-state index >= 15 is 0 Å². The average Bonchev–Trinajstić information content (AvgIpc) is 2.50. The van der Waals surface area contributed by atoms with Crippen LogP contribution in [0, 0.1) is 0 Å². The molecule has 0 aromatic heterocycles. The molecule has 0 saturated heterocycles. The van der Waals surface area contributed by atoms with Crippen molar-refractivity contribution < 1.29 is 74.6 Å². The molecule has 0 fully saturated rings. The van der Waals surface area contributed by atoms with Crippen LogP contribution in [0.1, 0.15) is 0 Å². The van der Waals surface area contributed by atoms with E-state index in [1.807, 2.05) is 0 Å². The molecule has 0 spiro atoms. The highest BCUT2D eigenvalue weighted by Crippen LogP contribution is 2.62. The second-order valence-electron chi connectivity index (χ2n) is 5.73. The van der Waals surface area contributed by atoms with Gasteiger partial charge in [-0.25, -0.2) is 8.78 Å². The van der Waals surface area contributed by atoms with E-state index in [0.29, 0.717) is 0 Å². The van der Waals surface area contributed by atoms with Crippen molar-refractivity contribution in [2.45, 2.75) is 60.1 Å². The monoisotopic (exact) mass is 580 g/mol. The lowest BCUT2D eigenvalue weighted by atomic mass is 9.88. The third-order valence-electron chi connectivity index (χ3n) is 3.43. The molecule has 0 radical (unpaired) electrons. The predicted molar refractivity (Wildman–Crippen MR) is 73.6 cm³/mol. The second-order valence-corrected chi connectivity index (χ2v) is 14.9. The van der Waals surface area contributed by atoms with E-state index in [1.165, 1.54) is 0 Å². The fourth-order valence-corrected chi connectivity index (χ4v) is 3.59. The zero-order valence-corrected chi connectivity index (χ0v) is 16.7. The Morgan fingerprint density at radius 2 is 0.806 bits per heavy atom. The van der Waals surface area contributed by atoms with Gasteiger partial charge >= 0.3 is 47.7 Å². The van der Waals surface area contributed by atoms with Crippen molar-refractivity contribution in [2.24, 2.45) is 0 Å². The van der Waals surface area contributed by atoms with Crippen molar-refractivity contribution in [1.29, 1.82) is 0 Å². The van der Waals surface area contributed by atoms with Crippen LogP contribution in [0.4, 0.5) is 74.6 Å². The van der Waals surface area contributed by atoms with Crippen molar-refractivity contribution in [3.63, 3.8) is 0 Å². The summed E-state index contributed by atoms with van der Waals surface area (Å²) in [7, 11) is 0. The molecular formula is C10H4Cl3F17Si. The highest BCUT2D eigenvalue weighted by atomic mass is 35.8. The van der Waals surface area contributed by atoms with Gasteiger partial charge in [0, 0.05) is 6.04 Å². The van der Waals surface area contributed by atoms with Crippen LogP contribution in [-0.4, -0.2) is 60.1 Å². The number of alkyl halides is 17. The van der Waals surface area contributed by atoms with Crippen molar-refractivity contribution in [3.05, 3.63) is 0 Å². The van der Waals surface area contributed by atoms with Crippen molar-refractivity contribution >= 4 is 39.2 Å². The van der Waals surface area contributed by atoms with Gasteiger partial charge in [-0.1, -0.05) is 0 Å². The molecule has 0 aliphatic heterocycles. The summed E-state index contributed by atoms with van der Waals surface area (Å²) in [4.78, 5) is 0. The standard InChI is InChI=1S/C10H4Cl3F17Si/c11-31(12,13)1-2(14)4(16,17)7(23,24)9(27,28)10(29,30)8(25,26)5(18,19)3(15)6(20,21)22/h2-3H,1H2. The first-order valence-corrected chi connectivity index (χ1v) is 12.0. The van der Waals surface area contributed by atoms with Gasteiger partial charge in [0.1, 0.15) is 0 Å². The first-order valence-electron chi connectivity index (χ1n) is 6.72. The Kier molecular flexibility index (Phi) is 8.26. The van der Waals surface area contributed by atoms with E-state index in [9.17, 15) is 74.6 Å². The van der Waals surface area contributed by atoms with Crippen LogP contribution in [-0.2, 0) is 0 Å². The molecule has 188 valence electrons. The highest BCUT2D eigenvalue weighted by molar-refractivity contribution is 7.64. The first-order chi connectivity index (χ1) is 13.0. The SMILES string of the molecule is FC(C[Si](Cl)(Cl)Cl)C(F)(F)C(F)(F)C(F)(F)C(F)(F)C(F)(F)C(F)(F)C(F)C(F)(F)F. The summed E-state index contributed by atoms with van der Waals surface area (Å²) in [6.45, 7) is 0. The normalized spacial score (nSPS) is 18.2. The highest BCUT2D eigenvalue weighted by Gasteiger charge is 2.92. The van der Waals surface area contributed by atoms with E-state index in [0.717, 1.165) is 0 Å². The zero-order valence-electron chi connectivity index (χ0n) is 13.4. The van der Waals surface area contributed by atoms with Crippen molar-refractivity contribution in [3.8, 4) is 0 Å². The summed E-state index contributed by atoms with van der Waals surface area (Å²) in [5.74, 6) is -48.3. The topological polar surface area (TPSA) is 0 Å². The molecule has 0 N–H and O–H groups in total. The molecule has 31 heavy (non-hydrogen) atoms. The van der Waals surface area contributed by atoms with E-state index in [-0.39, 0.29) is 0 Å². The molecule has 0 aromatic carbocycles. The maximum atomic E-state index is 13.4. The maximum Gasteiger partial charge on any atom is 0.425 e. The predicted octanol–water partition coefficient (Wildman–Crippen LogP) is 7.69. The molecular weight excluding hydrogens is 578 g/mol. The Balaban J connectivity index is 6.56. The van der Waals surface area contributed by atoms with Crippen LogP contribution >= 0.6 is 33.2 Å². The second kappa shape index (κ2) is 8.28. The first kappa shape index (κ1) is 30.9. The van der Waals surface area contributed by atoms with Gasteiger partial charge in [0.05, 0.1) is 0 Å². The number of halogens is 20. The number of rotatable bonds is 9. The van der Waals surface area contributed by atoms with Gasteiger partial charge in [0.2, 0.25) is 0 Å². The van der Waals surface area contributed by atoms with Crippen LogP contribution < -0.4 is 0 Å². The van der Waals surface area contributed by atoms with E-state index < -0.39 is 66.1 Å². The largest absolute Gasteiger partial charge is 0.425 e. The summed E-state index contributed by atoms with van der Waals surface area (Å²) >= 11 is 14.5. The fourth-order valence-electron chi connectivity index (χ4n) is 1.71. The van der Waals surface area contributed by atoms with Gasteiger partial charge < -0.3 is 0 Å². The molecule has 0 nitrogen and oxygen atoms in total. The molecule has 0 heterocycles. The quantitative estimate of drug-likeness (QED) is 0.149. The maximum absolute atomic E-state index is 13.4. The summed E-state index contributed by atoms with van der Waals surface area (Å²) in [6, 6.07) is -7.09. The fraction of sp³-hybridized carbons (Fsp3) is 1.00. The summed E-state index contributed by atoms with van der Waals surface area (Å²) in [5.41, 5.74) is 0. The molecule has 0 aliphatic rings.